The zero-order valence-electron chi connectivity index (χ0n) is 10.8. The molecule has 18 heavy (non-hydrogen) atoms. The Labute approximate surface area is 112 Å². The SMILES string of the molecule is COCCn1ncc(Cl)c1C(N)C(OC)C1CC1. The van der Waals surface area contributed by atoms with Crippen molar-refractivity contribution in [2.75, 3.05) is 20.8 Å². The van der Waals surface area contributed by atoms with Gasteiger partial charge < -0.3 is 15.2 Å². The van der Waals surface area contributed by atoms with Crippen molar-refractivity contribution < 1.29 is 9.47 Å². The lowest BCUT2D eigenvalue weighted by Gasteiger charge is -2.23. The summed E-state index contributed by atoms with van der Waals surface area (Å²) < 4.78 is 12.4. The van der Waals surface area contributed by atoms with Crippen LogP contribution in [0.5, 0.6) is 0 Å². The van der Waals surface area contributed by atoms with Gasteiger partial charge in [-0.3, -0.25) is 4.68 Å². The van der Waals surface area contributed by atoms with Crippen molar-refractivity contribution in [2.45, 2.75) is 31.5 Å². The quantitative estimate of drug-likeness (QED) is 0.820. The molecule has 0 radical (unpaired) electrons. The van der Waals surface area contributed by atoms with Crippen LogP contribution in [0.1, 0.15) is 24.6 Å². The van der Waals surface area contributed by atoms with Crippen LogP contribution in [0.25, 0.3) is 0 Å². The van der Waals surface area contributed by atoms with E-state index in [2.05, 4.69) is 5.10 Å². The van der Waals surface area contributed by atoms with Crippen molar-refractivity contribution in [1.82, 2.24) is 9.78 Å². The third-order valence-electron chi connectivity index (χ3n) is 3.37. The van der Waals surface area contributed by atoms with Gasteiger partial charge in [0, 0.05) is 14.2 Å². The zero-order valence-corrected chi connectivity index (χ0v) is 11.6. The number of nitrogens with two attached hydrogens (primary N) is 1. The van der Waals surface area contributed by atoms with Gasteiger partial charge in [-0.2, -0.15) is 5.10 Å². The molecule has 1 fully saturated rings. The second-order valence-corrected chi connectivity index (χ2v) is 5.06. The number of halogens is 1. The number of ether oxygens (including phenoxy) is 2. The molecule has 1 heterocycles. The van der Waals surface area contributed by atoms with Crippen LogP contribution < -0.4 is 5.73 Å². The van der Waals surface area contributed by atoms with E-state index in [0.29, 0.717) is 24.1 Å². The molecule has 1 aromatic rings. The minimum Gasteiger partial charge on any atom is -0.383 e. The van der Waals surface area contributed by atoms with Gasteiger partial charge in [0.2, 0.25) is 0 Å². The summed E-state index contributed by atoms with van der Waals surface area (Å²) in [5.41, 5.74) is 7.14. The Hall–Kier alpha value is -0.620. The largest absolute Gasteiger partial charge is 0.383 e. The van der Waals surface area contributed by atoms with Crippen molar-refractivity contribution in [1.29, 1.82) is 0 Å². The van der Waals surface area contributed by atoms with E-state index in [-0.39, 0.29) is 12.1 Å². The Morgan fingerprint density at radius 1 is 1.56 bits per heavy atom. The standard InChI is InChI=1S/C12H20ClN3O2/c1-17-6-5-16-11(9(13)7-15-16)10(14)12(18-2)8-3-4-8/h7-8,10,12H,3-6,14H2,1-2H3. The number of hydrogen-bond acceptors (Lipinski definition) is 4. The van der Waals surface area contributed by atoms with Crippen molar-refractivity contribution in [3.8, 4) is 0 Å². The van der Waals surface area contributed by atoms with E-state index >= 15 is 0 Å². The van der Waals surface area contributed by atoms with Crippen molar-refractivity contribution in [2.24, 2.45) is 11.7 Å². The summed E-state index contributed by atoms with van der Waals surface area (Å²) in [4.78, 5) is 0. The molecule has 1 aliphatic rings. The normalized spacial score (nSPS) is 18.9. The molecule has 0 saturated heterocycles. The smallest absolute Gasteiger partial charge is 0.0835 e. The molecule has 2 atom stereocenters. The third-order valence-corrected chi connectivity index (χ3v) is 3.66. The lowest BCUT2D eigenvalue weighted by Crippen LogP contribution is -2.32. The fraction of sp³-hybridized carbons (Fsp3) is 0.750. The Kier molecular flexibility index (Phi) is 4.61. The summed E-state index contributed by atoms with van der Waals surface area (Å²) in [7, 11) is 3.36. The molecular weight excluding hydrogens is 254 g/mol. The highest BCUT2D eigenvalue weighted by Gasteiger charge is 2.37. The summed E-state index contributed by atoms with van der Waals surface area (Å²) in [5.74, 6) is 0.548. The molecule has 2 unspecified atom stereocenters. The van der Waals surface area contributed by atoms with Crippen LogP contribution in [-0.4, -0.2) is 36.7 Å². The molecule has 1 aromatic heterocycles. The second-order valence-electron chi connectivity index (χ2n) is 4.66. The van der Waals surface area contributed by atoms with E-state index in [1.807, 2.05) is 4.68 Å². The fourth-order valence-corrected chi connectivity index (χ4v) is 2.54. The average molecular weight is 274 g/mol. The molecule has 1 saturated carbocycles. The van der Waals surface area contributed by atoms with Crippen LogP contribution in [0.3, 0.4) is 0 Å². The summed E-state index contributed by atoms with van der Waals surface area (Å²) in [6, 6.07) is -0.241. The monoisotopic (exact) mass is 273 g/mol. The highest BCUT2D eigenvalue weighted by molar-refractivity contribution is 6.31. The molecule has 0 aromatic carbocycles. The minimum absolute atomic E-state index is 0.0143. The Morgan fingerprint density at radius 2 is 2.28 bits per heavy atom. The number of aromatic nitrogens is 2. The highest BCUT2D eigenvalue weighted by atomic mass is 35.5. The maximum atomic E-state index is 6.30. The van der Waals surface area contributed by atoms with Gasteiger partial charge in [-0.05, 0) is 18.8 Å². The lowest BCUT2D eigenvalue weighted by atomic mass is 10.0. The Morgan fingerprint density at radius 3 is 2.83 bits per heavy atom. The number of methoxy groups -OCH3 is 2. The molecule has 0 spiro atoms. The van der Waals surface area contributed by atoms with E-state index in [0.717, 1.165) is 5.69 Å². The third kappa shape index (κ3) is 2.85. The van der Waals surface area contributed by atoms with E-state index in [9.17, 15) is 0 Å². The lowest BCUT2D eigenvalue weighted by molar-refractivity contribution is 0.0594. The highest BCUT2D eigenvalue weighted by Crippen LogP contribution is 2.40. The molecule has 5 nitrogen and oxygen atoms in total. The van der Waals surface area contributed by atoms with E-state index in [1.165, 1.54) is 12.8 Å². The van der Waals surface area contributed by atoms with Crippen molar-refractivity contribution in [3.63, 3.8) is 0 Å². The van der Waals surface area contributed by atoms with Gasteiger partial charge in [0.1, 0.15) is 0 Å². The maximum Gasteiger partial charge on any atom is 0.0835 e. The van der Waals surface area contributed by atoms with Crippen LogP contribution in [0.4, 0.5) is 0 Å². The predicted octanol–water partition coefficient (Wildman–Crippen LogP) is 1.61. The number of nitrogens with zero attached hydrogens (tertiary/aromatic N) is 2. The van der Waals surface area contributed by atoms with Gasteiger partial charge in [0.25, 0.3) is 0 Å². The Bertz CT molecular complexity index is 393. The molecule has 2 N–H and O–H groups in total. The predicted molar refractivity (Wildman–Crippen MR) is 69.6 cm³/mol. The topological polar surface area (TPSA) is 62.3 Å². The molecule has 0 aliphatic heterocycles. The maximum absolute atomic E-state index is 6.30. The number of hydrogen-bond donors (Lipinski definition) is 1. The molecule has 0 bridgehead atoms. The van der Waals surface area contributed by atoms with Gasteiger partial charge in [0.05, 0.1) is 42.2 Å². The fourth-order valence-electron chi connectivity index (χ4n) is 2.27. The summed E-state index contributed by atoms with van der Waals surface area (Å²) >= 11 is 6.19. The van der Waals surface area contributed by atoms with E-state index in [4.69, 9.17) is 26.8 Å². The number of rotatable bonds is 7. The first kappa shape index (κ1) is 13.8. The van der Waals surface area contributed by atoms with E-state index < -0.39 is 0 Å². The van der Waals surface area contributed by atoms with Gasteiger partial charge in [-0.1, -0.05) is 11.6 Å². The van der Waals surface area contributed by atoms with Crippen LogP contribution in [0.2, 0.25) is 5.02 Å². The molecular formula is C12H20ClN3O2. The molecule has 0 amide bonds. The summed E-state index contributed by atoms with van der Waals surface area (Å²) in [6.45, 7) is 1.23. The second kappa shape index (κ2) is 6.02. The summed E-state index contributed by atoms with van der Waals surface area (Å²) in [5, 5.41) is 4.84. The molecule has 6 heteroatoms. The molecule has 1 aliphatic carbocycles. The van der Waals surface area contributed by atoms with Crippen molar-refractivity contribution >= 4 is 11.6 Å². The van der Waals surface area contributed by atoms with Gasteiger partial charge in [0.15, 0.2) is 0 Å². The summed E-state index contributed by atoms with van der Waals surface area (Å²) in [6.07, 6.45) is 4.00. The van der Waals surface area contributed by atoms with Crippen LogP contribution in [0, 0.1) is 5.92 Å². The van der Waals surface area contributed by atoms with Crippen LogP contribution in [-0.2, 0) is 16.0 Å². The first-order valence-electron chi connectivity index (χ1n) is 6.17. The first-order valence-corrected chi connectivity index (χ1v) is 6.55. The van der Waals surface area contributed by atoms with Gasteiger partial charge >= 0.3 is 0 Å². The van der Waals surface area contributed by atoms with Gasteiger partial charge in [-0.15, -0.1) is 0 Å². The minimum atomic E-state index is -0.241. The molecule has 102 valence electrons. The van der Waals surface area contributed by atoms with E-state index in [1.54, 1.807) is 20.4 Å². The zero-order chi connectivity index (χ0) is 13.1. The van der Waals surface area contributed by atoms with Crippen LogP contribution in [0.15, 0.2) is 6.20 Å². The Balaban J connectivity index is 2.16. The van der Waals surface area contributed by atoms with Crippen molar-refractivity contribution in [3.05, 3.63) is 16.9 Å². The van der Waals surface area contributed by atoms with Gasteiger partial charge in [-0.25, -0.2) is 0 Å². The molecule has 2 rings (SSSR count). The van der Waals surface area contributed by atoms with Crippen LogP contribution >= 0.6 is 11.6 Å². The first-order chi connectivity index (χ1) is 8.69. The average Bonchev–Trinajstić information content (AvgIpc) is 3.11.